The number of nitrogen functional groups attached to an aromatic ring is 1. The van der Waals surface area contributed by atoms with Crippen LogP contribution >= 0.6 is 0 Å². The van der Waals surface area contributed by atoms with E-state index in [4.69, 9.17) is 10.5 Å². The molecular weight excluding hydrogens is 228 g/mol. The Balaban J connectivity index is 2.13. The van der Waals surface area contributed by atoms with E-state index in [1.807, 2.05) is 6.07 Å². The lowest BCUT2D eigenvalue weighted by molar-refractivity contribution is 0.0818. The topological polar surface area (TPSA) is 64.3 Å². The first kappa shape index (κ1) is 13.1. The zero-order chi connectivity index (χ0) is 13.1. The zero-order valence-electron chi connectivity index (χ0n) is 11.4. The minimum Gasteiger partial charge on any atom is -0.384 e. The molecule has 5 nitrogen and oxygen atoms in total. The highest BCUT2D eigenvalue weighted by molar-refractivity contribution is 5.47. The molecule has 2 heterocycles. The Kier molecular flexibility index (Phi) is 4.01. The summed E-state index contributed by atoms with van der Waals surface area (Å²) < 4.78 is 5.38. The van der Waals surface area contributed by atoms with E-state index in [0.717, 1.165) is 37.6 Å². The van der Waals surface area contributed by atoms with Crippen molar-refractivity contribution in [3.63, 3.8) is 0 Å². The quantitative estimate of drug-likeness (QED) is 0.886. The van der Waals surface area contributed by atoms with Gasteiger partial charge in [-0.1, -0.05) is 13.8 Å². The number of piperidine rings is 1. The Morgan fingerprint density at radius 3 is 2.56 bits per heavy atom. The normalized spacial score (nSPS) is 17.4. The van der Waals surface area contributed by atoms with Crippen LogP contribution in [0.15, 0.2) is 6.07 Å². The fourth-order valence-corrected chi connectivity index (χ4v) is 2.21. The molecule has 1 aliphatic rings. The number of anilines is 2. The van der Waals surface area contributed by atoms with Crippen molar-refractivity contribution in [3.8, 4) is 0 Å². The molecule has 0 amide bonds. The molecule has 0 aliphatic carbocycles. The number of hydrogen-bond donors (Lipinski definition) is 1. The number of hydrogen-bond acceptors (Lipinski definition) is 5. The number of ether oxygens (including phenoxy) is 1. The van der Waals surface area contributed by atoms with Gasteiger partial charge in [0.2, 0.25) is 0 Å². The summed E-state index contributed by atoms with van der Waals surface area (Å²) in [5.41, 5.74) is 5.85. The van der Waals surface area contributed by atoms with Gasteiger partial charge >= 0.3 is 0 Å². The highest BCUT2D eigenvalue weighted by Gasteiger charge is 2.20. The molecule has 0 unspecified atom stereocenters. The molecule has 0 saturated carbocycles. The number of nitrogens with two attached hydrogens (primary N) is 1. The first-order chi connectivity index (χ1) is 8.60. The molecule has 0 atom stereocenters. The third-order valence-electron chi connectivity index (χ3n) is 3.37. The second kappa shape index (κ2) is 5.52. The Bertz CT molecular complexity index is 400. The molecule has 0 bridgehead atoms. The first-order valence-corrected chi connectivity index (χ1v) is 6.52. The summed E-state index contributed by atoms with van der Waals surface area (Å²) in [4.78, 5) is 11.1. The maximum atomic E-state index is 5.85. The lowest BCUT2D eigenvalue weighted by Crippen LogP contribution is -2.37. The van der Waals surface area contributed by atoms with Crippen LogP contribution in [0.2, 0.25) is 0 Å². The summed E-state index contributed by atoms with van der Waals surface area (Å²) >= 11 is 0. The molecule has 1 aromatic rings. The molecule has 1 saturated heterocycles. The summed E-state index contributed by atoms with van der Waals surface area (Å²) in [5, 5.41) is 0. The molecule has 0 spiro atoms. The largest absolute Gasteiger partial charge is 0.384 e. The first-order valence-electron chi connectivity index (χ1n) is 6.52. The summed E-state index contributed by atoms with van der Waals surface area (Å²) in [6.07, 6.45) is 2.46. The van der Waals surface area contributed by atoms with Gasteiger partial charge in [-0.25, -0.2) is 9.97 Å². The number of aromatic nitrogens is 2. The van der Waals surface area contributed by atoms with E-state index in [9.17, 15) is 0 Å². The fraction of sp³-hybridized carbons (Fsp3) is 0.692. The van der Waals surface area contributed by atoms with Gasteiger partial charge in [0.25, 0.3) is 0 Å². The fourth-order valence-electron chi connectivity index (χ4n) is 2.21. The average molecular weight is 250 g/mol. The molecule has 1 fully saturated rings. The van der Waals surface area contributed by atoms with Gasteiger partial charge in [-0.15, -0.1) is 0 Å². The molecule has 100 valence electrons. The Hall–Kier alpha value is -1.36. The SMILES string of the molecule is COC1CCN(c2cc(N)nc(C(C)C)n2)CC1. The molecule has 0 radical (unpaired) electrons. The molecular formula is C13H22N4O. The van der Waals surface area contributed by atoms with E-state index in [0.29, 0.717) is 17.8 Å². The van der Waals surface area contributed by atoms with E-state index in [-0.39, 0.29) is 0 Å². The van der Waals surface area contributed by atoms with Crippen molar-refractivity contribution in [2.24, 2.45) is 0 Å². The lowest BCUT2D eigenvalue weighted by atomic mass is 10.1. The second-order valence-corrected chi connectivity index (χ2v) is 5.09. The number of nitrogens with zero attached hydrogens (tertiary/aromatic N) is 3. The van der Waals surface area contributed by atoms with E-state index in [1.54, 1.807) is 7.11 Å². The maximum Gasteiger partial charge on any atom is 0.135 e. The monoisotopic (exact) mass is 250 g/mol. The summed E-state index contributed by atoms with van der Waals surface area (Å²) in [5.74, 6) is 2.61. The van der Waals surface area contributed by atoms with Gasteiger partial charge < -0.3 is 15.4 Å². The van der Waals surface area contributed by atoms with E-state index in [2.05, 4.69) is 28.7 Å². The van der Waals surface area contributed by atoms with Gasteiger partial charge in [-0.05, 0) is 12.8 Å². The van der Waals surface area contributed by atoms with Crippen LogP contribution in [0.4, 0.5) is 11.6 Å². The molecule has 1 aromatic heterocycles. The van der Waals surface area contributed by atoms with Crippen molar-refractivity contribution < 1.29 is 4.74 Å². The number of rotatable bonds is 3. The Labute approximate surface area is 108 Å². The van der Waals surface area contributed by atoms with Crippen molar-refractivity contribution in [3.05, 3.63) is 11.9 Å². The highest BCUT2D eigenvalue weighted by Crippen LogP contribution is 2.22. The van der Waals surface area contributed by atoms with E-state index < -0.39 is 0 Å². The predicted octanol–water partition coefficient (Wildman–Crippen LogP) is 1.80. The maximum absolute atomic E-state index is 5.85. The van der Waals surface area contributed by atoms with E-state index in [1.165, 1.54) is 0 Å². The van der Waals surface area contributed by atoms with Crippen molar-refractivity contribution >= 4 is 11.6 Å². The van der Waals surface area contributed by atoms with Crippen LogP contribution in [-0.2, 0) is 4.74 Å². The van der Waals surface area contributed by atoms with Gasteiger partial charge in [0.15, 0.2) is 0 Å². The van der Waals surface area contributed by atoms with Gasteiger partial charge in [0, 0.05) is 32.2 Å². The van der Waals surface area contributed by atoms with Crippen LogP contribution in [0.3, 0.4) is 0 Å². The summed E-state index contributed by atoms with van der Waals surface area (Å²) in [6.45, 7) is 6.09. The third-order valence-corrected chi connectivity index (χ3v) is 3.37. The molecule has 0 aromatic carbocycles. The standard InChI is InChI=1S/C13H22N4O/c1-9(2)13-15-11(14)8-12(16-13)17-6-4-10(18-3)5-7-17/h8-10H,4-7H2,1-3H3,(H2,14,15,16). The van der Waals surface area contributed by atoms with Crippen molar-refractivity contribution in [2.75, 3.05) is 30.8 Å². The van der Waals surface area contributed by atoms with Crippen molar-refractivity contribution in [1.82, 2.24) is 9.97 Å². The average Bonchev–Trinajstić information content (AvgIpc) is 2.38. The van der Waals surface area contributed by atoms with Crippen molar-refractivity contribution in [1.29, 1.82) is 0 Å². The molecule has 18 heavy (non-hydrogen) atoms. The van der Waals surface area contributed by atoms with Crippen molar-refractivity contribution in [2.45, 2.75) is 38.7 Å². The summed E-state index contributed by atoms with van der Waals surface area (Å²) in [6, 6.07) is 1.86. The molecule has 2 rings (SSSR count). The number of methoxy groups -OCH3 is 1. The van der Waals surface area contributed by atoms with Crippen LogP contribution in [0.5, 0.6) is 0 Å². The minimum atomic E-state index is 0.295. The van der Waals surface area contributed by atoms with Gasteiger partial charge in [-0.3, -0.25) is 0 Å². The van der Waals surface area contributed by atoms with Crippen LogP contribution in [0.1, 0.15) is 38.4 Å². The zero-order valence-corrected chi connectivity index (χ0v) is 11.4. The molecule has 5 heteroatoms. The lowest BCUT2D eigenvalue weighted by Gasteiger charge is -2.32. The minimum absolute atomic E-state index is 0.295. The van der Waals surface area contributed by atoms with Crippen LogP contribution in [0, 0.1) is 0 Å². The van der Waals surface area contributed by atoms with Gasteiger partial charge in [-0.2, -0.15) is 0 Å². The van der Waals surface area contributed by atoms with Crippen LogP contribution in [-0.4, -0.2) is 36.3 Å². The Morgan fingerprint density at radius 1 is 1.33 bits per heavy atom. The van der Waals surface area contributed by atoms with Crippen LogP contribution in [0.25, 0.3) is 0 Å². The predicted molar refractivity (Wildman–Crippen MR) is 72.8 cm³/mol. The molecule has 1 aliphatic heterocycles. The Morgan fingerprint density at radius 2 is 2.00 bits per heavy atom. The van der Waals surface area contributed by atoms with Gasteiger partial charge in [0.05, 0.1) is 6.10 Å². The second-order valence-electron chi connectivity index (χ2n) is 5.09. The summed E-state index contributed by atoms with van der Waals surface area (Å²) in [7, 11) is 1.78. The van der Waals surface area contributed by atoms with Crippen LogP contribution < -0.4 is 10.6 Å². The highest BCUT2D eigenvalue weighted by atomic mass is 16.5. The smallest absolute Gasteiger partial charge is 0.135 e. The van der Waals surface area contributed by atoms with E-state index >= 15 is 0 Å². The molecule has 2 N–H and O–H groups in total. The third kappa shape index (κ3) is 2.90. The van der Waals surface area contributed by atoms with Gasteiger partial charge in [0.1, 0.15) is 17.5 Å².